The van der Waals surface area contributed by atoms with E-state index in [4.69, 9.17) is 5.11 Å². The van der Waals surface area contributed by atoms with E-state index in [2.05, 4.69) is 10.4 Å². The zero-order valence-electron chi connectivity index (χ0n) is 11.4. The first-order valence-electron chi connectivity index (χ1n) is 6.22. The molecule has 108 valence electrons. The number of amides is 1. The number of thioether (sulfide) groups is 1. The molecule has 2 aromatic rings. The predicted octanol–water partition coefficient (Wildman–Crippen LogP) is 2.29. The van der Waals surface area contributed by atoms with Gasteiger partial charge in [0.15, 0.2) is 0 Å². The van der Waals surface area contributed by atoms with Crippen LogP contribution >= 0.6 is 23.1 Å². The Labute approximate surface area is 126 Å². The van der Waals surface area contributed by atoms with Crippen LogP contribution in [0.25, 0.3) is 10.6 Å². The summed E-state index contributed by atoms with van der Waals surface area (Å²) in [7, 11) is 0. The van der Waals surface area contributed by atoms with Gasteiger partial charge in [-0.3, -0.25) is 4.79 Å². The van der Waals surface area contributed by atoms with Crippen LogP contribution in [-0.2, 0) is 11.3 Å². The SMILES string of the molecule is CSC(C)C(=O)Nc1cc(-c2cccs2)nn1CCO. The molecular weight excluding hydrogens is 294 g/mol. The molecule has 2 heterocycles. The van der Waals surface area contributed by atoms with E-state index in [0.29, 0.717) is 12.4 Å². The third kappa shape index (κ3) is 3.41. The van der Waals surface area contributed by atoms with Gasteiger partial charge in [-0.05, 0) is 24.6 Å². The average molecular weight is 311 g/mol. The second kappa shape index (κ2) is 6.92. The molecule has 1 amide bonds. The molecule has 0 aliphatic carbocycles. The van der Waals surface area contributed by atoms with Crippen molar-refractivity contribution in [2.45, 2.75) is 18.7 Å². The third-order valence-electron chi connectivity index (χ3n) is 2.84. The molecule has 0 saturated heterocycles. The molecule has 5 nitrogen and oxygen atoms in total. The van der Waals surface area contributed by atoms with Gasteiger partial charge in [-0.1, -0.05) is 6.07 Å². The summed E-state index contributed by atoms with van der Waals surface area (Å²) in [5, 5.41) is 18.2. The Hall–Kier alpha value is -1.31. The summed E-state index contributed by atoms with van der Waals surface area (Å²) in [6.07, 6.45) is 1.90. The van der Waals surface area contributed by atoms with E-state index in [-0.39, 0.29) is 17.8 Å². The molecule has 1 atom stereocenters. The number of aliphatic hydroxyl groups excluding tert-OH is 1. The number of nitrogens with one attached hydrogen (secondary N) is 1. The Morgan fingerprint density at radius 1 is 1.65 bits per heavy atom. The van der Waals surface area contributed by atoms with Gasteiger partial charge >= 0.3 is 0 Å². The Morgan fingerprint density at radius 2 is 2.45 bits per heavy atom. The molecule has 0 aromatic carbocycles. The largest absolute Gasteiger partial charge is 0.394 e. The normalized spacial score (nSPS) is 12.3. The number of thiophene rings is 1. The van der Waals surface area contributed by atoms with Crippen LogP contribution in [0.4, 0.5) is 5.82 Å². The van der Waals surface area contributed by atoms with Crippen LogP contribution in [-0.4, -0.2) is 38.9 Å². The number of nitrogens with zero attached hydrogens (tertiary/aromatic N) is 2. The summed E-state index contributed by atoms with van der Waals surface area (Å²) < 4.78 is 1.62. The fourth-order valence-electron chi connectivity index (χ4n) is 1.66. The molecule has 0 fully saturated rings. The molecule has 7 heteroatoms. The van der Waals surface area contributed by atoms with E-state index in [1.54, 1.807) is 16.0 Å². The van der Waals surface area contributed by atoms with Gasteiger partial charge in [0.25, 0.3) is 0 Å². The average Bonchev–Trinajstić information content (AvgIpc) is 3.08. The Kier molecular flexibility index (Phi) is 5.22. The molecule has 20 heavy (non-hydrogen) atoms. The zero-order chi connectivity index (χ0) is 14.5. The van der Waals surface area contributed by atoms with E-state index in [1.807, 2.05) is 36.8 Å². The van der Waals surface area contributed by atoms with Crippen LogP contribution in [0.3, 0.4) is 0 Å². The van der Waals surface area contributed by atoms with Crippen molar-refractivity contribution < 1.29 is 9.90 Å². The zero-order valence-corrected chi connectivity index (χ0v) is 13.0. The monoisotopic (exact) mass is 311 g/mol. The van der Waals surface area contributed by atoms with Crippen molar-refractivity contribution in [2.24, 2.45) is 0 Å². The lowest BCUT2D eigenvalue weighted by molar-refractivity contribution is -0.115. The highest BCUT2D eigenvalue weighted by atomic mass is 32.2. The molecule has 0 spiro atoms. The van der Waals surface area contributed by atoms with E-state index in [0.717, 1.165) is 10.6 Å². The molecule has 2 aromatic heterocycles. The molecule has 0 aliphatic rings. The number of aromatic nitrogens is 2. The Morgan fingerprint density at radius 3 is 3.05 bits per heavy atom. The summed E-state index contributed by atoms with van der Waals surface area (Å²) in [6.45, 7) is 2.19. The fraction of sp³-hybridized carbons (Fsp3) is 0.385. The third-order valence-corrected chi connectivity index (χ3v) is 4.65. The van der Waals surface area contributed by atoms with Gasteiger partial charge in [-0.15, -0.1) is 11.3 Å². The first-order valence-corrected chi connectivity index (χ1v) is 8.38. The highest BCUT2D eigenvalue weighted by Gasteiger charge is 2.16. The van der Waals surface area contributed by atoms with Crippen molar-refractivity contribution >= 4 is 34.8 Å². The topological polar surface area (TPSA) is 67.2 Å². The van der Waals surface area contributed by atoms with Gasteiger partial charge in [-0.2, -0.15) is 16.9 Å². The van der Waals surface area contributed by atoms with Gasteiger partial charge in [0.2, 0.25) is 5.91 Å². The number of anilines is 1. The summed E-state index contributed by atoms with van der Waals surface area (Å²) in [5.74, 6) is 0.558. The van der Waals surface area contributed by atoms with E-state index in [9.17, 15) is 4.79 Å². The number of aliphatic hydroxyl groups is 1. The maximum absolute atomic E-state index is 12.0. The molecule has 0 radical (unpaired) electrons. The Bertz CT molecular complexity index is 566. The first kappa shape index (κ1) is 15.1. The van der Waals surface area contributed by atoms with Crippen LogP contribution in [0.2, 0.25) is 0 Å². The highest BCUT2D eigenvalue weighted by molar-refractivity contribution is 7.99. The maximum Gasteiger partial charge on any atom is 0.238 e. The van der Waals surface area contributed by atoms with Gasteiger partial charge < -0.3 is 10.4 Å². The summed E-state index contributed by atoms with van der Waals surface area (Å²) >= 11 is 3.08. The highest BCUT2D eigenvalue weighted by Crippen LogP contribution is 2.26. The van der Waals surface area contributed by atoms with Crippen molar-refractivity contribution in [3.05, 3.63) is 23.6 Å². The molecule has 2 rings (SSSR count). The van der Waals surface area contributed by atoms with Gasteiger partial charge in [0.05, 0.1) is 23.3 Å². The van der Waals surface area contributed by atoms with Crippen LogP contribution in [0.1, 0.15) is 6.92 Å². The van der Waals surface area contributed by atoms with E-state index >= 15 is 0 Å². The van der Waals surface area contributed by atoms with Crippen molar-refractivity contribution in [3.63, 3.8) is 0 Å². The van der Waals surface area contributed by atoms with Crippen LogP contribution in [0, 0.1) is 0 Å². The second-order valence-corrected chi connectivity index (χ2v) is 6.33. The number of rotatable bonds is 6. The number of hydrogen-bond acceptors (Lipinski definition) is 5. The van der Waals surface area contributed by atoms with Crippen LogP contribution in [0.5, 0.6) is 0 Å². The molecule has 0 bridgehead atoms. The molecule has 0 saturated carbocycles. The van der Waals surface area contributed by atoms with Gasteiger partial charge in [-0.25, -0.2) is 4.68 Å². The molecule has 1 unspecified atom stereocenters. The fourth-order valence-corrected chi connectivity index (χ4v) is 2.62. The minimum Gasteiger partial charge on any atom is -0.394 e. The molecule has 0 aliphatic heterocycles. The summed E-state index contributed by atoms with van der Waals surface area (Å²) in [5.41, 5.74) is 0.806. The quantitative estimate of drug-likeness (QED) is 0.859. The smallest absolute Gasteiger partial charge is 0.238 e. The molecule has 2 N–H and O–H groups in total. The van der Waals surface area contributed by atoms with Gasteiger partial charge in [0, 0.05) is 6.07 Å². The number of carbonyl (C=O) groups is 1. The van der Waals surface area contributed by atoms with E-state index < -0.39 is 0 Å². The van der Waals surface area contributed by atoms with Crippen molar-refractivity contribution in [3.8, 4) is 10.6 Å². The van der Waals surface area contributed by atoms with E-state index in [1.165, 1.54) is 11.8 Å². The van der Waals surface area contributed by atoms with Crippen molar-refractivity contribution in [1.82, 2.24) is 9.78 Å². The van der Waals surface area contributed by atoms with Crippen molar-refractivity contribution in [1.29, 1.82) is 0 Å². The lowest BCUT2D eigenvalue weighted by atomic mass is 10.3. The summed E-state index contributed by atoms with van der Waals surface area (Å²) in [6, 6.07) is 5.78. The number of carbonyl (C=O) groups excluding carboxylic acids is 1. The standard InChI is InChI=1S/C13H17N3O2S2/c1-9(19-2)13(18)14-12-8-10(11-4-3-7-20-11)15-16(12)5-6-17/h3-4,7-9,17H,5-6H2,1-2H3,(H,14,18). The minimum absolute atomic E-state index is 0.0213. The van der Waals surface area contributed by atoms with Crippen LogP contribution < -0.4 is 5.32 Å². The first-order chi connectivity index (χ1) is 9.65. The van der Waals surface area contributed by atoms with Gasteiger partial charge in [0.1, 0.15) is 11.5 Å². The Balaban J connectivity index is 2.24. The predicted molar refractivity (Wildman–Crippen MR) is 84.2 cm³/mol. The second-order valence-electron chi connectivity index (χ2n) is 4.21. The summed E-state index contributed by atoms with van der Waals surface area (Å²) in [4.78, 5) is 13.0. The molecular formula is C13H17N3O2S2. The lowest BCUT2D eigenvalue weighted by Gasteiger charge is -2.10. The maximum atomic E-state index is 12.0. The lowest BCUT2D eigenvalue weighted by Crippen LogP contribution is -2.24. The number of hydrogen-bond donors (Lipinski definition) is 2. The van der Waals surface area contributed by atoms with Crippen molar-refractivity contribution in [2.75, 3.05) is 18.2 Å². The van der Waals surface area contributed by atoms with Crippen LogP contribution in [0.15, 0.2) is 23.6 Å². The minimum atomic E-state index is -0.127.